The van der Waals surface area contributed by atoms with Gasteiger partial charge in [-0.2, -0.15) is 0 Å². The van der Waals surface area contributed by atoms with Crippen LogP contribution >= 0.6 is 0 Å². The van der Waals surface area contributed by atoms with Crippen molar-refractivity contribution >= 4 is 6.08 Å². The van der Waals surface area contributed by atoms with Crippen LogP contribution in [0.15, 0.2) is 24.4 Å². The Morgan fingerprint density at radius 3 is 2.55 bits per heavy atom. The van der Waals surface area contributed by atoms with Crippen LogP contribution in [0, 0.1) is 0 Å². The minimum Gasteiger partial charge on any atom is -0.300 e. The van der Waals surface area contributed by atoms with Gasteiger partial charge >= 0.3 is 0 Å². The molecule has 3 heterocycles. The van der Waals surface area contributed by atoms with Crippen molar-refractivity contribution in [2.24, 2.45) is 0 Å². The molecule has 0 N–H and O–H groups in total. The summed E-state index contributed by atoms with van der Waals surface area (Å²) in [6.45, 7) is 8.39. The highest BCUT2D eigenvalue weighted by Crippen LogP contribution is 2.20. The van der Waals surface area contributed by atoms with Gasteiger partial charge in [0.1, 0.15) is 0 Å². The maximum atomic E-state index is 4.48. The van der Waals surface area contributed by atoms with E-state index in [1.54, 1.807) is 0 Å². The van der Waals surface area contributed by atoms with E-state index in [1.165, 1.54) is 57.4 Å². The molecule has 0 amide bonds. The first-order valence-electron chi connectivity index (χ1n) is 8.93. The van der Waals surface area contributed by atoms with E-state index in [2.05, 4.69) is 46.0 Å². The van der Waals surface area contributed by atoms with E-state index in [4.69, 9.17) is 0 Å². The lowest BCUT2D eigenvalue weighted by molar-refractivity contribution is 0.135. The van der Waals surface area contributed by atoms with E-state index >= 15 is 0 Å². The largest absolute Gasteiger partial charge is 0.300 e. The predicted molar refractivity (Wildman–Crippen MR) is 92.9 cm³/mol. The molecule has 3 heteroatoms. The zero-order valence-electron chi connectivity index (χ0n) is 13.9. The number of aryl methyl sites for hydroxylation is 1. The van der Waals surface area contributed by atoms with Gasteiger partial charge in [0.2, 0.25) is 0 Å². The number of hydrogen-bond donors (Lipinski definition) is 0. The number of hydrogen-bond acceptors (Lipinski definition) is 3. The highest BCUT2D eigenvalue weighted by atomic mass is 15.2. The van der Waals surface area contributed by atoms with Crippen molar-refractivity contribution in [3.63, 3.8) is 0 Å². The molecule has 0 bridgehead atoms. The highest BCUT2D eigenvalue weighted by Gasteiger charge is 2.25. The topological polar surface area (TPSA) is 19.4 Å². The lowest BCUT2D eigenvalue weighted by atomic mass is 10.0. The number of likely N-dealkylation sites (tertiary alicyclic amines) is 2. The van der Waals surface area contributed by atoms with E-state index < -0.39 is 0 Å². The average Bonchev–Trinajstić information content (AvgIpc) is 3.11. The van der Waals surface area contributed by atoms with Gasteiger partial charge in [0, 0.05) is 18.8 Å². The van der Waals surface area contributed by atoms with Crippen LogP contribution in [-0.4, -0.2) is 53.5 Å². The number of pyridine rings is 1. The maximum absolute atomic E-state index is 4.48. The van der Waals surface area contributed by atoms with E-state index in [9.17, 15) is 0 Å². The molecule has 2 fully saturated rings. The molecule has 1 aromatic rings. The lowest BCUT2D eigenvalue weighted by Gasteiger charge is -2.36. The van der Waals surface area contributed by atoms with Crippen LogP contribution in [0.3, 0.4) is 0 Å². The molecule has 0 radical (unpaired) electrons. The Morgan fingerprint density at radius 1 is 1.14 bits per heavy atom. The molecule has 2 aliphatic heterocycles. The maximum Gasteiger partial charge on any atom is 0.0627 e. The molecule has 0 spiro atoms. The molecule has 3 nitrogen and oxygen atoms in total. The summed E-state index contributed by atoms with van der Waals surface area (Å²) in [6, 6.07) is 5.15. The smallest absolute Gasteiger partial charge is 0.0627 e. The van der Waals surface area contributed by atoms with Gasteiger partial charge in [0.05, 0.1) is 5.69 Å². The summed E-state index contributed by atoms with van der Waals surface area (Å²) in [7, 11) is 0. The van der Waals surface area contributed by atoms with Gasteiger partial charge in [0.15, 0.2) is 0 Å². The number of nitrogens with zero attached hydrogens (tertiary/aromatic N) is 3. The van der Waals surface area contributed by atoms with E-state index in [0.717, 1.165) is 24.7 Å². The zero-order valence-corrected chi connectivity index (χ0v) is 13.9. The third-order valence-corrected chi connectivity index (χ3v) is 5.12. The fraction of sp³-hybridized carbons (Fsp3) is 0.632. The molecule has 0 saturated carbocycles. The molecule has 22 heavy (non-hydrogen) atoms. The van der Waals surface area contributed by atoms with Crippen LogP contribution < -0.4 is 0 Å². The molecule has 2 aliphatic rings. The minimum absolute atomic E-state index is 0.853. The number of piperidine rings is 1. The molecule has 2 saturated heterocycles. The SMILES string of the molecule is CCc1ccc(/C=C/CN2CCC(N3CCCC3)CC2)nc1. The van der Waals surface area contributed by atoms with Gasteiger partial charge in [-0.05, 0) is 76.0 Å². The third-order valence-electron chi connectivity index (χ3n) is 5.12. The van der Waals surface area contributed by atoms with Crippen molar-refractivity contribution in [2.45, 2.75) is 45.1 Å². The van der Waals surface area contributed by atoms with Crippen LogP contribution in [0.5, 0.6) is 0 Å². The quantitative estimate of drug-likeness (QED) is 0.832. The predicted octanol–water partition coefficient (Wildman–Crippen LogP) is 3.22. The van der Waals surface area contributed by atoms with Crippen molar-refractivity contribution < 1.29 is 0 Å². The zero-order chi connectivity index (χ0) is 15.2. The summed E-state index contributed by atoms with van der Waals surface area (Å²) < 4.78 is 0. The van der Waals surface area contributed by atoms with Crippen LogP contribution in [0.25, 0.3) is 6.08 Å². The summed E-state index contributed by atoms with van der Waals surface area (Å²) >= 11 is 0. The Kier molecular flexibility index (Phi) is 5.63. The summed E-state index contributed by atoms with van der Waals surface area (Å²) in [4.78, 5) is 9.77. The fourth-order valence-electron chi connectivity index (χ4n) is 3.64. The van der Waals surface area contributed by atoms with Crippen molar-refractivity contribution in [3.05, 3.63) is 35.7 Å². The monoisotopic (exact) mass is 299 g/mol. The van der Waals surface area contributed by atoms with Gasteiger partial charge < -0.3 is 4.90 Å². The first-order chi connectivity index (χ1) is 10.8. The Labute approximate surface area is 135 Å². The second-order valence-electron chi connectivity index (χ2n) is 6.62. The molecule has 1 aromatic heterocycles. The van der Waals surface area contributed by atoms with Crippen LogP contribution in [0.1, 0.15) is 43.9 Å². The molecular weight excluding hydrogens is 270 g/mol. The van der Waals surface area contributed by atoms with Gasteiger partial charge in [-0.15, -0.1) is 0 Å². The highest BCUT2D eigenvalue weighted by molar-refractivity contribution is 5.44. The van der Waals surface area contributed by atoms with Crippen LogP contribution in [-0.2, 0) is 6.42 Å². The lowest BCUT2D eigenvalue weighted by Crippen LogP contribution is -2.43. The summed E-state index contributed by atoms with van der Waals surface area (Å²) in [5, 5.41) is 0. The minimum atomic E-state index is 0.853. The van der Waals surface area contributed by atoms with Gasteiger partial charge in [0.25, 0.3) is 0 Å². The second-order valence-corrected chi connectivity index (χ2v) is 6.62. The second kappa shape index (κ2) is 7.89. The number of aromatic nitrogens is 1. The first-order valence-corrected chi connectivity index (χ1v) is 8.93. The van der Waals surface area contributed by atoms with Crippen molar-refractivity contribution in [3.8, 4) is 0 Å². The first kappa shape index (κ1) is 15.7. The molecule has 0 atom stereocenters. The summed E-state index contributed by atoms with van der Waals surface area (Å²) in [6.07, 6.45) is 13.0. The van der Waals surface area contributed by atoms with E-state index in [0.29, 0.717) is 0 Å². The normalized spacial score (nSPS) is 21.9. The standard InChI is InChI=1S/C19H29N3/c1-2-17-7-8-18(20-16-17)6-5-11-21-14-9-19(10-15-21)22-12-3-4-13-22/h5-8,16,19H,2-4,9-15H2,1H3/b6-5+. The van der Waals surface area contributed by atoms with E-state index in [1.807, 2.05) is 6.20 Å². The Hall–Kier alpha value is -1.19. The summed E-state index contributed by atoms with van der Waals surface area (Å²) in [5.74, 6) is 0. The van der Waals surface area contributed by atoms with Gasteiger partial charge in [-0.3, -0.25) is 9.88 Å². The van der Waals surface area contributed by atoms with Crippen LogP contribution in [0.2, 0.25) is 0 Å². The Balaban J connectivity index is 1.41. The number of rotatable bonds is 5. The van der Waals surface area contributed by atoms with Crippen molar-refractivity contribution in [1.82, 2.24) is 14.8 Å². The van der Waals surface area contributed by atoms with Gasteiger partial charge in [-0.25, -0.2) is 0 Å². The third kappa shape index (κ3) is 4.17. The molecule has 0 unspecified atom stereocenters. The van der Waals surface area contributed by atoms with Gasteiger partial charge in [-0.1, -0.05) is 19.1 Å². The molecule has 0 aliphatic carbocycles. The molecule has 0 aromatic carbocycles. The average molecular weight is 299 g/mol. The van der Waals surface area contributed by atoms with Crippen molar-refractivity contribution in [1.29, 1.82) is 0 Å². The Bertz CT molecular complexity index is 466. The Morgan fingerprint density at radius 2 is 1.91 bits per heavy atom. The fourth-order valence-corrected chi connectivity index (χ4v) is 3.64. The molecule has 3 rings (SSSR count). The molecular formula is C19H29N3. The van der Waals surface area contributed by atoms with E-state index in [-0.39, 0.29) is 0 Å². The summed E-state index contributed by atoms with van der Waals surface area (Å²) in [5.41, 5.74) is 2.38. The van der Waals surface area contributed by atoms with Crippen LogP contribution in [0.4, 0.5) is 0 Å². The van der Waals surface area contributed by atoms with Crippen molar-refractivity contribution in [2.75, 3.05) is 32.7 Å². The molecule has 120 valence electrons.